The van der Waals surface area contributed by atoms with Crippen LogP contribution in [-0.2, 0) is 18.1 Å². The van der Waals surface area contributed by atoms with Crippen LogP contribution in [0.2, 0.25) is 0 Å². The lowest BCUT2D eigenvalue weighted by atomic mass is 10.3. The van der Waals surface area contributed by atoms with Crippen molar-refractivity contribution in [1.29, 1.82) is 0 Å². The molecule has 0 spiro atoms. The summed E-state index contributed by atoms with van der Waals surface area (Å²) in [5.74, 6) is -0.995. The minimum absolute atomic E-state index is 0.196. The van der Waals surface area contributed by atoms with Gasteiger partial charge in [0.05, 0.1) is 0 Å². The molecule has 0 rings (SSSR count). The molecule has 0 aromatic heterocycles. The van der Waals surface area contributed by atoms with Crippen LogP contribution in [0.3, 0.4) is 0 Å². The summed E-state index contributed by atoms with van der Waals surface area (Å²) in [5.41, 5.74) is 0.196. The Kier molecular flexibility index (Phi) is 4.99. The molecule has 82 valence electrons. The smallest absolute Gasteiger partial charge is 0.478 e. The van der Waals surface area contributed by atoms with Crippen molar-refractivity contribution in [2.24, 2.45) is 0 Å². The highest BCUT2D eigenvalue weighted by atomic mass is 28.4. The molecule has 0 aliphatic carbocycles. The Morgan fingerprint density at radius 3 is 1.64 bits per heavy atom. The monoisotopic (exact) mass is 220 g/mol. The zero-order chi connectivity index (χ0) is 11.4. The average molecular weight is 220 g/mol. The Hall–Kier alpha value is -0.693. The molecule has 0 bridgehead atoms. The van der Waals surface area contributed by atoms with Gasteiger partial charge in [0.15, 0.2) is 0 Å². The number of allylic oxidation sites excluding steroid dienone is 1. The summed E-state index contributed by atoms with van der Waals surface area (Å²) in [7, 11) is 1.38. The molecule has 0 aliphatic rings. The number of rotatable bonds is 5. The van der Waals surface area contributed by atoms with Gasteiger partial charge in [-0.05, 0) is 13.8 Å². The molecule has 0 amide bonds. The van der Waals surface area contributed by atoms with Gasteiger partial charge in [0.1, 0.15) is 0 Å². The SMILES string of the molecule is CO[Si](OC)(OC)/C(C)=C(\C)C(=O)O. The van der Waals surface area contributed by atoms with E-state index in [0.717, 1.165) is 0 Å². The van der Waals surface area contributed by atoms with Gasteiger partial charge in [-0.15, -0.1) is 0 Å². The van der Waals surface area contributed by atoms with E-state index < -0.39 is 14.8 Å². The second-order valence-corrected chi connectivity index (χ2v) is 5.81. The summed E-state index contributed by atoms with van der Waals surface area (Å²) in [6.45, 7) is 3.14. The van der Waals surface area contributed by atoms with Crippen molar-refractivity contribution in [2.75, 3.05) is 21.3 Å². The number of hydrogen-bond acceptors (Lipinski definition) is 4. The minimum Gasteiger partial charge on any atom is -0.478 e. The summed E-state index contributed by atoms with van der Waals surface area (Å²) in [4.78, 5) is 10.7. The predicted octanol–water partition coefficient (Wildman–Crippen LogP) is 0.825. The lowest BCUT2D eigenvalue weighted by Crippen LogP contribution is -2.45. The second kappa shape index (κ2) is 5.25. The van der Waals surface area contributed by atoms with Gasteiger partial charge < -0.3 is 18.4 Å². The van der Waals surface area contributed by atoms with E-state index in [-0.39, 0.29) is 5.57 Å². The first-order chi connectivity index (χ1) is 6.45. The highest BCUT2D eigenvalue weighted by molar-refractivity contribution is 6.69. The molecule has 0 unspecified atom stereocenters. The van der Waals surface area contributed by atoms with Crippen molar-refractivity contribution in [3.05, 3.63) is 10.8 Å². The lowest BCUT2D eigenvalue weighted by Gasteiger charge is -2.25. The molecule has 6 heteroatoms. The molecule has 0 atom stereocenters. The molecule has 0 aliphatic heterocycles. The zero-order valence-corrected chi connectivity index (χ0v) is 10.1. The number of aliphatic carboxylic acids is 1. The summed E-state index contributed by atoms with van der Waals surface area (Å²) >= 11 is 0. The predicted molar refractivity (Wildman–Crippen MR) is 52.8 cm³/mol. The molecule has 0 aromatic rings. The van der Waals surface area contributed by atoms with Crippen LogP contribution in [0.5, 0.6) is 0 Å². The first-order valence-corrected chi connectivity index (χ1v) is 5.74. The maximum absolute atomic E-state index is 10.7. The van der Waals surface area contributed by atoms with Crippen LogP contribution in [0.15, 0.2) is 10.8 Å². The Morgan fingerprint density at radius 2 is 1.43 bits per heavy atom. The minimum atomic E-state index is -2.95. The van der Waals surface area contributed by atoms with Crippen molar-refractivity contribution in [3.8, 4) is 0 Å². The van der Waals surface area contributed by atoms with E-state index in [2.05, 4.69) is 0 Å². The summed E-state index contributed by atoms with van der Waals surface area (Å²) < 4.78 is 15.4. The molecule has 0 fully saturated rings. The van der Waals surface area contributed by atoms with Gasteiger partial charge >= 0.3 is 14.8 Å². The number of carboxylic acids is 1. The van der Waals surface area contributed by atoms with Crippen LogP contribution in [-0.4, -0.2) is 41.2 Å². The van der Waals surface area contributed by atoms with Gasteiger partial charge in [0, 0.05) is 32.1 Å². The van der Waals surface area contributed by atoms with E-state index in [1.54, 1.807) is 6.92 Å². The van der Waals surface area contributed by atoms with E-state index in [9.17, 15) is 4.79 Å². The fraction of sp³-hybridized carbons (Fsp3) is 0.625. The molecule has 0 aromatic carbocycles. The van der Waals surface area contributed by atoms with Gasteiger partial charge in [-0.25, -0.2) is 4.79 Å². The zero-order valence-electron chi connectivity index (χ0n) is 9.08. The third-order valence-corrected chi connectivity index (χ3v) is 5.05. The molecule has 1 N–H and O–H groups in total. The fourth-order valence-corrected chi connectivity index (χ4v) is 3.08. The van der Waals surface area contributed by atoms with Crippen molar-refractivity contribution < 1.29 is 23.2 Å². The third kappa shape index (κ3) is 2.41. The molecule has 14 heavy (non-hydrogen) atoms. The molecular weight excluding hydrogens is 204 g/mol. The summed E-state index contributed by atoms with van der Waals surface area (Å²) in [6, 6.07) is 0. The van der Waals surface area contributed by atoms with Crippen LogP contribution in [0.25, 0.3) is 0 Å². The topological polar surface area (TPSA) is 65.0 Å². The molecule has 5 nitrogen and oxygen atoms in total. The molecule has 0 saturated heterocycles. The largest absolute Gasteiger partial charge is 0.532 e. The van der Waals surface area contributed by atoms with Gasteiger partial charge in [-0.1, -0.05) is 0 Å². The first-order valence-electron chi connectivity index (χ1n) is 4.01. The van der Waals surface area contributed by atoms with Crippen LogP contribution in [0.4, 0.5) is 0 Å². The lowest BCUT2D eigenvalue weighted by molar-refractivity contribution is -0.132. The van der Waals surface area contributed by atoms with E-state index in [1.165, 1.54) is 28.3 Å². The Balaban J connectivity index is 5.22. The van der Waals surface area contributed by atoms with Crippen LogP contribution < -0.4 is 0 Å². The number of carboxylic acid groups (broad SMARTS) is 1. The summed E-state index contributed by atoms with van der Waals surface area (Å²) in [6.07, 6.45) is 0. The van der Waals surface area contributed by atoms with Crippen molar-refractivity contribution in [3.63, 3.8) is 0 Å². The van der Waals surface area contributed by atoms with E-state index in [4.69, 9.17) is 18.4 Å². The maximum atomic E-state index is 10.7. The maximum Gasteiger partial charge on any atom is 0.532 e. The third-order valence-electron chi connectivity index (χ3n) is 2.15. The molecular formula is C8H16O5Si. The second-order valence-electron chi connectivity index (χ2n) is 2.72. The van der Waals surface area contributed by atoms with Crippen LogP contribution >= 0.6 is 0 Å². The Morgan fingerprint density at radius 1 is 1.07 bits per heavy atom. The van der Waals surface area contributed by atoms with Crippen LogP contribution in [0.1, 0.15) is 13.8 Å². The number of carbonyl (C=O) groups is 1. The van der Waals surface area contributed by atoms with Gasteiger partial charge in [-0.3, -0.25) is 0 Å². The van der Waals surface area contributed by atoms with Gasteiger partial charge in [0.25, 0.3) is 0 Å². The Labute approximate surface area is 84.7 Å². The van der Waals surface area contributed by atoms with Gasteiger partial charge in [-0.2, -0.15) is 0 Å². The summed E-state index contributed by atoms with van der Waals surface area (Å²) in [5, 5.41) is 9.31. The number of hydrogen-bond donors (Lipinski definition) is 1. The normalized spacial score (nSPS) is 13.8. The first kappa shape index (κ1) is 13.3. The van der Waals surface area contributed by atoms with Crippen molar-refractivity contribution >= 4 is 14.8 Å². The average Bonchev–Trinajstić information content (AvgIpc) is 2.19. The molecule has 0 saturated carbocycles. The highest BCUT2D eigenvalue weighted by Crippen LogP contribution is 2.20. The molecule has 0 radical (unpaired) electrons. The Bertz CT molecular complexity index is 236. The van der Waals surface area contributed by atoms with Crippen molar-refractivity contribution in [1.82, 2.24) is 0 Å². The quantitative estimate of drug-likeness (QED) is 0.549. The highest BCUT2D eigenvalue weighted by Gasteiger charge is 2.42. The molecule has 0 heterocycles. The van der Waals surface area contributed by atoms with Crippen molar-refractivity contribution in [2.45, 2.75) is 13.8 Å². The van der Waals surface area contributed by atoms with Crippen LogP contribution in [0, 0.1) is 0 Å². The van der Waals surface area contributed by atoms with Gasteiger partial charge in [0.2, 0.25) is 0 Å². The van der Waals surface area contributed by atoms with E-state index >= 15 is 0 Å². The van der Waals surface area contributed by atoms with E-state index in [1.807, 2.05) is 0 Å². The van der Waals surface area contributed by atoms with E-state index in [0.29, 0.717) is 5.20 Å². The standard InChI is InChI=1S/C8H16O5Si/c1-6(8(9)10)7(2)14(11-3,12-4)13-5/h1-5H3,(H,9,10)/b7-6+. The fourth-order valence-electron chi connectivity index (χ4n) is 1.10.